The van der Waals surface area contributed by atoms with E-state index in [0.29, 0.717) is 5.69 Å². The topological polar surface area (TPSA) is 398 Å². The molecule has 0 spiro atoms. The molecule has 1 aliphatic rings. The Morgan fingerprint density at radius 2 is 1.75 bits per heavy atom. The van der Waals surface area contributed by atoms with Gasteiger partial charge in [0.1, 0.15) is 19.0 Å². The molecular weight excluding hydrogens is 555 g/mol. The van der Waals surface area contributed by atoms with Gasteiger partial charge in [0.25, 0.3) is 0 Å². The summed E-state index contributed by atoms with van der Waals surface area (Å²) in [5.41, 5.74) is 4.19. The van der Waals surface area contributed by atoms with Crippen molar-refractivity contribution in [1.29, 1.82) is 0 Å². The minimum Gasteiger partial charge on any atom is -0.389 e. The highest BCUT2D eigenvalue weighted by Crippen LogP contribution is 2.66. The molecular formula is C12H28N9O12P3. The number of phosphoric ester groups is 1. The van der Waals surface area contributed by atoms with Crippen LogP contribution in [-0.4, -0.2) is 62.6 Å². The third-order valence-electron chi connectivity index (χ3n) is 4.12. The van der Waals surface area contributed by atoms with Gasteiger partial charge in [-0.3, -0.25) is 4.52 Å². The minimum atomic E-state index is -5.72. The second-order valence-electron chi connectivity index (χ2n) is 6.32. The van der Waals surface area contributed by atoms with Gasteiger partial charge in [-0.1, -0.05) is 5.92 Å². The maximum atomic E-state index is 12.0. The van der Waals surface area contributed by atoms with Gasteiger partial charge in [0.2, 0.25) is 0 Å². The third-order valence-corrected chi connectivity index (χ3v) is 7.90. The number of ether oxygens (including phenoxy) is 1. The van der Waals surface area contributed by atoms with E-state index in [1.807, 2.05) is 0 Å². The Morgan fingerprint density at radius 3 is 2.31 bits per heavy atom. The number of aliphatic hydroxyl groups is 1. The fourth-order valence-corrected chi connectivity index (χ4v) is 5.86. The van der Waals surface area contributed by atoms with E-state index in [4.69, 9.17) is 26.7 Å². The maximum Gasteiger partial charge on any atom is 0.490 e. The Morgan fingerprint density at radius 1 is 1.14 bits per heavy atom. The molecule has 2 aromatic heterocycles. The Kier molecular flexibility index (Phi) is 12.6. The largest absolute Gasteiger partial charge is 0.490 e. The van der Waals surface area contributed by atoms with Crippen LogP contribution in [-0.2, 0) is 31.6 Å². The van der Waals surface area contributed by atoms with Crippen molar-refractivity contribution >= 4 is 34.9 Å². The molecule has 2 unspecified atom stereocenters. The third kappa shape index (κ3) is 8.04. The van der Waals surface area contributed by atoms with E-state index >= 15 is 0 Å². The number of hydrogen-bond acceptors (Lipinski definition) is 16. The Balaban J connectivity index is 0. The fraction of sp³-hybridized carbons (Fsp3) is 0.417. The van der Waals surface area contributed by atoms with Gasteiger partial charge in [0, 0.05) is 6.42 Å². The first-order chi connectivity index (χ1) is 14.7. The van der Waals surface area contributed by atoms with Gasteiger partial charge in [-0.15, -0.1) is 6.42 Å². The number of aromatic nitrogens is 4. The number of hydrogen-bond donors (Lipinski definition) is 10. The van der Waals surface area contributed by atoms with Crippen LogP contribution in [0.5, 0.6) is 0 Å². The van der Waals surface area contributed by atoms with Crippen molar-refractivity contribution in [3.8, 4) is 12.3 Å². The summed E-state index contributed by atoms with van der Waals surface area (Å²) >= 11 is 0. The minimum absolute atomic E-state index is 0. The number of nitrogens with zero attached hydrogens (tertiary/aromatic N) is 4. The van der Waals surface area contributed by atoms with Crippen molar-refractivity contribution in [2.24, 2.45) is 0 Å². The first kappa shape index (κ1) is 36.2. The van der Waals surface area contributed by atoms with Crippen LogP contribution >= 0.6 is 23.5 Å². The van der Waals surface area contributed by atoms with Gasteiger partial charge < -0.3 is 59.8 Å². The molecule has 0 saturated carbocycles. The van der Waals surface area contributed by atoms with E-state index in [1.54, 1.807) is 0 Å². The lowest BCUT2D eigenvalue weighted by molar-refractivity contribution is -0.0716. The summed E-state index contributed by atoms with van der Waals surface area (Å²) in [6.07, 6.45) is 5.38. The van der Waals surface area contributed by atoms with Crippen LogP contribution in [0.25, 0.3) is 5.65 Å². The second-order valence-corrected chi connectivity index (χ2v) is 10.7. The quantitative estimate of drug-likeness (QED) is 0.143. The average molecular weight is 583 g/mol. The normalized spacial score (nSPS) is 24.6. The number of terminal acetylenes is 1. The van der Waals surface area contributed by atoms with Crippen molar-refractivity contribution in [1.82, 2.24) is 44.2 Å². The zero-order chi connectivity index (χ0) is 23.9. The molecule has 21 nitrogen and oxygen atoms in total. The molecule has 0 radical (unpaired) electrons. The van der Waals surface area contributed by atoms with E-state index in [-0.39, 0.29) is 42.5 Å². The lowest BCUT2D eigenvalue weighted by Gasteiger charge is -2.27. The SMILES string of the molecule is C#C[C@]1(COP(=O)(O)OP(=O)(O)OP(=O)(O)O)O[C@@H](c2cnc3c(N)ncnn23)C[C@@H]1O.N.N.N.N. The van der Waals surface area contributed by atoms with Crippen molar-refractivity contribution in [2.45, 2.75) is 24.2 Å². The van der Waals surface area contributed by atoms with Gasteiger partial charge in [-0.2, -0.15) is 13.7 Å². The fourth-order valence-electron chi connectivity index (χ4n) is 2.81. The van der Waals surface area contributed by atoms with Gasteiger partial charge in [-0.05, 0) is 0 Å². The predicted molar refractivity (Wildman–Crippen MR) is 121 cm³/mol. The molecule has 3 heterocycles. The second kappa shape index (κ2) is 12.6. The van der Waals surface area contributed by atoms with Crippen LogP contribution < -0.4 is 30.3 Å². The first-order valence-electron chi connectivity index (χ1n) is 8.23. The number of nitrogen functional groups attached to an aromatic ring is 1. The van der Waals surface area contributed by atoms with Gasteiger partial charge in [0.15, 0.2) is 17.1 Å². The van der Waals surface area contributed by atoms with Crippen LogP contribution in [0.15, 0.2) is 12.5 Å². The lowest BCUT2D eigenvalue weighted by Crippen LogP contribution is -2.42. The van der Waals surface area contributed by atoms with Crippen LogP contribution in [0.2, 0.25) is 0 Å². The van der Waals surface area contributed by atoms with E-state index in [9.17, 15) is 28.6 Å². The molecule has 1 fully saturated rings. The van der Waals surface area contributed by atoms with Crippen molar-refractivity contribution in [3.05, 3.63) is 18.2 Å². The smallest absolute Gasteiger partial charge is 0.389 e. The molecule has 19 N–H and O–H groups in total. The van der Waals surface area contributed by atoms with Gasteiger partial charge >= 0.3 is 23.5 Å². The van der Waals surface area contributed by atoms with Crippen molar-refractivity contribution in [2.75, 3.05) is 12.3 Å². The summed E-state index contributed by atoms with van der Waals surface area (Å²) in [6.45, 7) is -1.03. The number of aliphatic hydroxyl groups excluding tert-OH is 1. The number of fused-ring (bicyclic) bond motifs is 1. The van der Waals surface area contributed by atoms with E-state index in [2.05, 4.69) is 34.1 Å². The summed E-state index contributed by atoms with van der Waals surface area (Å²) in [7, 11) is -16.8. The average Bonchev–Trinajstić information content (AvgIpc) is 3.19. The summed E-state index contributed by atoms with van der Waals surface area (Å²) in [4.78, 5) is 43.7. The van der Waals surface area contributed by atoms with Crippen LogP contribution in [0.4, 0.5) is 5.82 Å². The number of anilines is 1. The molecule has 1 saturated heterocycles. The molecule has 24 heteroatoms. The highest BCUT2D eigenvalue weighted by Gasteiger charge is 2.51. The zero-order valence-electron chi connectivity index (χ0n) is 18.4. The molecule has 1 aliphatic heterocycles. The molecule has 208 valence electrons. The monoisotopic (exact) mass is 583 g/mol. The number of phosphoric acid groups is 3. The van der Waals surface area contributed by atoms with Crippen molar-refractivity contribution in [3.63, 3.8) is 0 Å². The van der Waals surface area contributed by atoms with E-state index in [0.717, 1.165) is 6.33 Å². The number of imidazole rings is 1. The summed E-state index contributed by atoms with van der Waals surface area (Å²) < 4.78 is 52.7. The summed E-state index contributed by atoms with van der Waals surface area (Å²) in [5, 5.41) is 14.4. The van der Waals surface area contributed by atoms with Gasteiger partial charge in [0.05, 0.1) is 18.0 Å². The standard InChI is InChI=1S/C12H16N5O12P3.4H3N/c1-2-12(5-26-31(22,23)29-32(24,25)28-30(19,20)21)9(18)3-8(27-12)7-4-14-11-10(13)15-6-16-17(7)11;;;;/h1,4,6,8-9,18H,3,5H2,(H,22,23)(H,24,25)(H2,13,15,16)(H2,19,20,21);4*1H3/t8-,9+,12-;;;;/m1..../s1. The van der Waals surface area contributed by atoms with E-state index in [1.165, 1.54) is 10.7 Å². The number of rotatable bonds is 8. The molecule has 3 rings (SSSR count). The zero-order valence-corrected chi connectivity index (χ0v) is 21.1. The van der Waals surface area contributed by atoms with Crippen LogP contribution in [0.1, 0.15) is 18.2 Å². The molecule has 0 bridgehead atoms. The molecule has 2 aromatic rings. The molecule has 5 atom stereocenters. The van der Waals surface area contributed by atoms with Gasteiger partial charge in [-0.25, -0.2) is 28.2 Å². The Labute approximate surface area is 203 Å². The van der Waals surface area contributed by atoms with Crippen LogP contribution in [0, 0.1) is 12.3 Å². The molecule has 0 aliphatic carbocycles. The number of nitrogens with two attached hydrogens (primary N) is 1. The lowest BCUT2D eigenvalue weighted by atomic mass is 9.98. The molecule has 0 aromatic carbocycles. The highest BCUT2D eigenvalue weighted by molar-refractivity contribution is 7.66. The summed E-state index contributed by atoms with van der Waals surface area (Å²) in [5.74, 6) is 2.16. The molecule has 36 heavy (non-hydrogen) atoms. The Hall–Kier alpha value is -1.92. The predicted octanol–water partition coefficient (Wildman–Crippen LogP) is -0.108. The summed E-state index contributed by atoms with van der Waals surface area (Å²) in [6, 6.07) is 0. The maximum absolute atomic E-state index is 12.0. The van der Waals surface area contributed by atoms with Crippen molar-refractivity contribution < 1.29 is 56.3 Å². The van der Waals surface area contributed by atoms with E-state index < -0.39 is 47.9 Å². The highest BCUT2D eigenvalue weighted by atomic mass is 31.3. The first-order valence-corrected chi connectivity index (χ1v) is 12.8. The molecule has 0 amide bonds. The Bertz CT molecular complexity index is 1220. The van der Waals surface area contributed by atoms with Crippen LogP contribution in [0.3, 0.4) is 0 Å².